The van der Waals surface area contributed by atoms with Gasteiger partial charge < -0.3 is 14.8 Å². The average Bonchev–Trinajstić information content (AvgIpc) is 3.18. The fourth-order valence-corrected chi connectivity index (χ4v) is 3.31. The van der Waals surface area contributed by atoms with Crippen LogP contribution in [-0.2, 0) is 4.79 Å². The number of nitrogens with zero attached hydrogens (tertiary/aromatic N) is 1. The normalized spacial score (nSPS) is 10.6. The lowest BCUT2D eigenvalue weighted by Crippen LogP contribution is -2.07. The van der Waals surface area contributed by atoms with Gasteiger partial charge in [0.2, 0.25) is 6.29 Å². The van der Waals surface area contributed by atoms with Crippen molar-refractivity contribution < 1.29 is 27.4 Å². The van der Waals surface area contributed by atoms with Crippen LogP contribution in [-0.4, -0.2) is 38.7 Å². The van der Waals surface area contributed by atoms with Gasteiger partial charge in [0.15, 0.2) is 11.5 Å². The summed E-state index contributed by atoms with van der Waals surface area (Å²) in [6.07, 6.45) is -5.70. The number of benzene rings is 2. The third-order valence-corrected chi connectivity index (χ3v) is 4.79. The summed E-state index contributed by atoms with van der Waals surface area (Å²) in [5, 5.41) is 5.22. The number of carbonyl (C=O) groups is 1. The lowest BCUT2D eigenvalue weighted by Gasteiger charge is -2.08. The number of hydrogen-bond donors (Lipinski definition) is 1. The highest BCUT2D eigenvalue weighted by atomic mass is 32.1. The van der Waals surface area contributed by atoms with Crippen LogP contribution < -0.4 is 14.8 Å². The smallest absolute Gasteiger partial charge is 0.446 e. The zero-order valence-corrected chi connectivity index (χ0v) is 16.7. The van der Waals surface area contributed by atoms with Crippen molar-refractivity contribution in [2.24, 2.45) is 0 Å². The standard InChI is InChI=1S/C18H18N2O2S.C2HF3O/c1-19-18-16(12-7-5-4-6-8-12)20-17(23-18)13-9-10-14(21-2)15(11-13)22-3;3-2(4,5)1-6/h4-11,19H,1-3H3;1H. The fraction of sp³-hybridized carbons (Fsp3) is 0.200. The summed E-state index contributed by atoms with van der Waals surface area (Å²) in [6, 6.07) is 16.0. The molecule has 1 aromatic heterocycles. The number of nitrogens with one attached hydrogen (secondary N) is 1. The number of aldehydes is 1. The average molecular weight is 424 g/mol. The van der Waals surface area contributed by atoms with Crippen molar-refractivity contribution in [2.45, 2.75) is 6.18 Å². The molecule has 9 heteroatoms. The maximum absolute atomic E-state index is 10.4. The van der Waals surface area contributed by atoms with Gasteiger partial charge in [-0.05, 0) is 18.2 Å². The molecule has 1 heterocycles. The lowest BCUT2D eigenvalue weighted by molar-refractivity contribution is -0.156. The molecule has 154 valence electrons. The molecule has 3 aromatic rings. The summed E-state index contributed by atoms with van der Waals surface area (Å²) in [5.74, 6) is 1.41. The predicted octanol–water partition coefficient (Wildman–Crippen LogP) is 5.28. The molecule has 0 bridgehead atoms. The third kappa shape index (κ3) is 5.95. The van der Waals surface area contributed by atoms with Crippen LogP contribution in [0, 0.1) is 0 Å². The van der Waals surface area contributed by atoms with Gasteiger partial charge >= 0.3 is 6.18 Å². The van der Waals surface area contributed by atoms with Crippen molar-refractivity contribution >= 4 is 22.6 Å². The van der Waals surface area contributed by atoms with Crippen LogP contribution in [0.5, 0.6) is 11.5 Å². The van der Waals surface area contributed by atoms with E-state index in [0.29, 0.717) is 11.5 Å². The maximum Gasteiger partial charge on any atom is 0.446 e. The zero-order chi connectivity index (χ0) is 21.4. The van der Waals surface area contributed by atoms with Gasteiger partial charge in [0.1, 0.15) is 15.7 Å². The van der Waals surface area contributed by atoms with Crippen molar-refractivity contribution in [3.63, 3.8) is 0 Å². The van der Waals surface area contributed by atoms with Crippen LogP contribution in [0.3, 0.4) is 0 Å². The van der Waals surface area contributed by atoms with Gasteiger partial charge in [-0.3, -0.25) is 4.79 Å². The van der Waals surface area contributed by atoms with Crippen molar-refractivity contribution in [2.75, 3.05) is 26.6 Å². The van der Waals surface area contributed by atoms with Crippen molar-refractivity contribution in [3.8, 4) is 33.3 Å². The van der Waals surface area contributed by atoms with Gasteiger partial charge in [0.05, 0.1) is 14.2 Å². The fourth-order valence-electron chi connectivity index (χ4n) is 2.37. The number of rotatable bonds is 5. The van der Waals surface area contributed by atoms with E-state index in [1.807, 2.05) is 43.4 Å². The Labute approximate surface area is 170 Å². The van der Waals surface area contributed by atoms with E-state index in [-0.39, 0.29) is 0 Å². The first-order valence-electron chi connectivity index (χ1n) is 8.32. The molecule has 0 fully saturated rings. The van der Waals surface area contributed by atoms with Gasteiger partial charge in [0, 0.05) is 18.2 Å². The Hall–Kier alpha value is -3.07. The minimum atomic E-state index is -4.64. The second kappa shape index (κ2) is 9.92. The summed E-state index contributed by atoms with van der Waals surface area (Å²) in [6.45, 7) is 0. The first-order chi connectivity index (χ1) is 13.8. The minimum absolute atomic E-state index is 0.701. The SMILES string of the molecule is CNc1sc(-c2ccc(OC)c(OC)c2)nc1-c1ccccc1.O=CC(F)(F)F. The van der Waals surface area contributed by atoms with Gasteiger partial charge in [-0.25, -0.2) is 4.98 Å². The van der Waals surface area contributed by atoms with Gasteiger partial charge in [0.25, 0.3) is 0 Å². The van der Waals surface area contributed by atoms with Crippen molar-refractivity contribution in [3.05, 3.63) is 48.5 Å². The largest absolute Gasteiger partial charge is 0.493 e. The Morgan fingerprint density at radius 1 is 1.00 bits per heavy atom. The lowest BCUT2D eigenvalue weighted by atomic mass is 10.1. The number of aromatic nitrogens is 1. The molecule has 0 aliphatic carbocycles. The Morgan fingerprint density at radius 3 is 2.14 bits per heavy atom. The topological polar surface area (TPSA) is 60.4 Å². The Balaban J connectivity index is 0.000000438. The van der Waals surface area contributed by atoms with Crippen molar-refractivity contribution in [1.82, 2.24) is 4.98 Å². The molecule has 0 aliphatic rings. The first-order valence-corrected chi connectivity index (χ1v) is 9.14. The van der Waals surface area contributed by atoms with E-state index in [1.54, 1.807) is 25.6 Å². The zero-order valence-electron chi connectivity index (χ0n) is 15.9. The van der Waals surface area contributed by atoms with Crippen LogP contribution in [0.2, 0.25) is 0 Å². The number of alkyl halides is 3. The molecular formula is C20H19F3N2O3S. The maximum atomic E-state index is 10.4. The van der Waals surface area contributed by atoms with Gasteiger partial charge in [-0.2, -0.15) is 13.2 Å². The number of anilines is 1. The summed E-state index contributed by atoms with van der Waals surface area (Å²) in [4.78, 5) is 13.5. The number of halogens is 3. The molecule has 29 heavy (non-hydrogen) atoms. The number of ether oxygens (including phenoxy) is 2. The molecule has 0 saturated heterocycles. The van der Waals surface area contributed by atoms with E-state index in [2.05, 4.69) is 17.4 Å². The third-order valence-electron chi connectivity index (χ3n) is 3.67. The Bertz CT molecular complexity index is 944. The molecule has 0 spiro atoms. The van der Waals surface area contributed by atoms with Crippen LogP contribution in [0.15, 0.2) is 48.5 Å². The molecular weight excluding hydrogens is 405 g/mol. The van der Waals surface area contributed by atoms with E-state index in [0.717, 1.165) is 26.8 Å². The first kappa shape index (κ1) is 22.2. The van der Waals surface area contributed by atoms with Gasteiger partial charge in [-0.15, -0.1) is 0 Å². The highest BCUT2D eigenvalue weighted by Gasteiger charge is 2.24. The molecule has 0 amide bonds. The highest BCUT2D eigenvalue weighted by molar-refractivity contribution is 7.19. The van der Waals surface area contributed by atoms with Crippen molar-refractivity contribution in [1.29, 1.82) is 0 Å². The second-order valence-corrected chi connectivity index (χ2v) is 6.54. The van der Waals surface area contributed by atoms with Crippen LogP contribution >= 0.6 is 11.3 Å². The number of carbonyl (C=O) groups excluding carboxylic acids is 1. The quantitative estimate of drug-likeness (QED) is 0.565. The Kier molecular flexibility index (Phi) is 7.60. The highest BCUT2D eigenvalue weighted by Crippen LogP contribution is 2.40. The molecule has 0 aliphatic heterocycles. The molecule has 0 unspecified atom stereocenters. The van der Waals surface area contributed by atoms with E-state index in [1.165, 1.54) is 0 Å². The van der Waals surface area contributed by atoms with E-state index in [9.17, 15) is 13.2 Å². The number of thiazole rings is 1. The summed E-state index contributed by atoms with van der Waals surface area (Å²) in [7, 11) is 5.18. The predicted molar refractivity (Wildman–Crippen MR) is 108 cm³/mol. The molecule has 0 radical (unpaired) electrons. The van der Waals surface area contributed by atoms with Crippen LogP contribution in [0.25, 0.3) is 21.8 Å². The molecule has 3 rings (SSSR count). The molecule has 0 saturated carbocycles. The van der Waals surface area contributed by atoms with E-state index in [4.69, 9.17) is 19.3 Å². The van der Waals surface area contributed by atoms with E-state index >= 15 is 0 Å². The van der Waals surface area contributed by atoms with E-state index < -0.39 is 12.5 Å². The summed E-state index contributed by atoms with van der Waals surface area (Å²) >= 11 is 1.62. The second-order valence-electron chi connectivity index (χ2n) is 5.54. The number of methoxy groups -OCH3 is 2. The number of hydrogen-bond acceptors (Lipinski definition) is 6. The minimum Gasteiger partial charge on any atom is -0.493 e. The van der Waals surface area contributed by atoms with Crippen LogP contribution in [0.4, 0.5) is 18.2 Å². The molecule has 1 N–H and O–H groups in total. The molecule has 0 atom stereocenters. The molecule has 5 nitrogen and oxygen atoms in total. The molecule has 2 aromatic carbocycles. The Morgan fingerprint density at radius 2 is 1.62 bits per heavy atom. The van der Waals surface area contributed by atoms with Gasteiger partial charge in [-0.1, -0.05) is 41.7 Å². The monoisotopic (exact) mass is 424 g/mol. The summed E-state index contributed by atoms with van der Waals surface area (Å²) in [5.41, 5.74) is 3.06. The van der Waals surface area contributed by atoms with Crippen LogP contribution in [0.1, 0.15) is 0 Å². The summed E-state index contributed by atoms with van der Waals surface area (Å²) < 4.78 is 41.9.